The maximum atomic E-state index is 13.3. The lowest BCUT2D eigenvalue weighted by molar-refractivity contribution is -0.0791. The first-order valence-electron chi connectivity index (χ1n) is 4.08. The van der Waals surface area contributed by atoms with Gasteiger partial charge in [-0.2, -0.15) is 0 Å². The predicted octanol–water partition coefficient (Wildman–Crippen LogP) is 0.998. The molecule has 2 nitrogen and oxygen atoms in total. The van der Waals surface area contributed by atoms with Gasteiger partial charge in [0, 0.05) is 17.5 Å². The van der Waals surface area contributed by atoms with Gasteiger partial charge < -0.3 is 10.2 Å². The van der Waals surface area contributed by atoms with Crippen molar-refractivity contribution < 1.29 is 19.0 Å². The van der Waals surface area contributed by atoms with E-state index in [-0.39, 0.29) is 0 Å². The van der Waals surface area contributed by atoms with Crippen molar-refractivity contribution in [1.82, 2.24) is 0 Å². The Hall–Kier alpha value is -0.0500. The normalized spacial score (nSPS) is 40.7. The summed E-state index contributed by atoms with van der Waals surface area (Å²) in [5.41, 5.74) is -0.644. The van der Waals surface area contributed by atoms with Crippen LogP contribution in [0.1, 0.15) is 6.92 Å². The van der Waals surface area contributed by atoms with E-state index in [9.17, 15) is 8.78 Å². The topological polar surface area (TPSA) is 40.5 Å². The lowest BCUT2D eigenvalue weighted by Crippen LogP contribution is -2.39. The maximum absolute atomic E-state index is 13.3. The molecule has 76 valence electrons. The molecule has 5 heteroatoms. The van der Waals surface area contributed by atoms with Gasteiger partial charge in [0.1, 0.15) is 12.0 Å². The summed E-state index contributed by atoms with van der Waals surface area (Å²) < 4.78 is 26.3. The smallest absolute Gasteiger partial charge is 0.158 e. The zero-order chi connectivity index (χ0) is 10.2. The molecule has 0 fully saturated rings. The second-order valence-electron chi connectivity index (χ2n) is 3.35. The van der Waals surface area contributed by atoms with Crippen LogP contribution in [0.15, 0.2) is 11.9 Å². The predicted molar refractivity (Wildman–Crippen MR) is 48.5 cm³/mol. The molecule has 0 radical (unpaired) electrons. The number of hydrogen-bond donors (Lipinski definition) is 2. The van der Waals surface area contributed by atoms with Gasteiger partial charge in [-0.3, -0.25) is 0 Å². The van der Waals surface area contributed by atoms with Crippen LogP contribution in [0.2, 0.25) is 0 Å². The second kappa shape index (κ2) is 3.99. The van der Waals surface area contributed by atoms with Gasteiger partial charge in [-0.25, -0.2) is 8.78 Å². The summed E-state index contributed by atoms with van der Waals surface area (Å²) >= 11 is 0. The minimum atomic E-state index is -1.71. The van der Waals surface area contributed by atoms with E-state index in [1.54, 1.807) is 0 Å². The second-order valence-corrected chi connectivity index (χ2v) is 4.12. The van der Waals surface area contributed by atoms with Gasteiger partial charge in [-0.05, 0) is 6.08 Å². The largest absolute Gasteiger partial charge is 0.368 e. The first kappa shape index (κ1) is 11.0. The Labute approximate surface area is 77.8 Å². The summed E-state index contributed by atoms with van der Waals surface area (Å²) in [7, 11) is 2.19. The third kappa shape index (κ3) is 2.06. The average molecular weight is 210 g/mol. The average Bonchev–Trinajstić information content (AvgIpc) is 2.07. The van der Waals surface area contributed by atoms with E-state index in [0.717, 1.165) is 6.08 Å². The molecule has 0 amide bonds. The standard InChI is InChI=1S/C8H13F2O2P/c1-3-5(9)2-4(8(11)12)7(13)6(3)10/h2-4,6-8,11-12H,13H2,1H3/t3-,4+,6?,7?/m0/s1. The quantitative estimate of drug-likeness (QED) is 0.500. The third-order valence-corrected chi connectivity index (χ3v) is 3.23. The van der Waals surface area contributed by atoms with Crippen LogP contribution in [0.5, 0.6) is 0 Å². The molecule has 0 aromatic carbocycles. The molecule has 0 heterocycles. The lowest BCUT2D eigenvalue weighted by Gasteiger charge is -2.32. The Balaban J connectivity index is 2.89. The highest BCUT2D eigenvalue weighted by Crippen LogP contribution is 2.37. The van der Waals surface area contributed by atoms with Crippen LogP contribution >= 0.6 is 9.24 Å². The van der Waals surface area contributed by atoms with E-state index < -0.39 is 35.8 Å². The maximum Gasteiger partial charge on any atom is 0.158 e. The van der Waals surface area contributed by atoms with Crippen LogP contribution in [0.4, 0.5) is 8.78 Å². The van der Waals surface area contributed by atoms with Crippen molar-refractivity contribution in [2.45, 2.75) is 25.0 Å². The zero-order valence-corrected chi connectivity index (χ0v) is 8.35. The van der Waals surface area contributed by atoms with E-state index >= 15 is 0 Å². The molecule has 0 saturated carbocycles. The van der Waals surface area contributed by atoms with Gasteiger partial charge >= 0.3 is 0 Å². The number of aliphatic hydroxyl groups is 2. The molecule has 0 aromatic heterocycles. The van der Waals surface area contributed by atoms with Gasteiger partial charge in [0.2, 0.25) is 0 Å². The van der Waals surface area contributed by atoms with Gasteiger partial charge in [-0.1, -0.05) is 6.92 Å². The molecule has 0 aliphatic heterocycles. The molecule has 1 aliphatic carbocycles. The molecule has 3 unspecified atom stereocenters. The van der Waals surface area contributed by atoms with Crippen molar-refractivity contribution >= 4 is 9.24 Å². The van der Waals surface area contributed by atoms with E-state index in [0.29, 0.717) is 0 Å². The van der Waals surface area contributed by atoms with E-state index in [4.69, 9.17) is 10.2 Å². The monoisotopic (exact) mass is 210 g/mol. The number of hydrogen-bond acceptors (Lipinski definition) is 2. The van der Waals surface area contributed by atoms with Gasteiger partial charge in [0.05, 0.1) is 0 Å². The molecule has 1 rings (SSSR count). The highest BCUT2D eigenvalue weighted by Gasteiger charge is 2.38. The molecule has 0 aromatic rings. The molecule has 0 bridgehead atoms. The van der Waals surface area contributed by atoms with Crippen molar-refractivity contribution in [3.8, 4) is 0 Å². The van der Waals surface area contributed by atoms with Crippen LogP contribution in [0.3, 0.4) is 0 Å². The molecule has 0 spiro atoms. The summed E-state index contributed by atoms with van der Waals surface area (Å²) in [6.07, 6.45) is -2.01. The fourth-order valence-corrected chi connectivity index (χ4v) is 2.07. The summed E-state index contributed by atoms with van der Waals surface area (Å²) in [6, 6.07) is 0. The molecular weight excluding hydrogens is 197 g/mol. The Bertz CT molecular complexity index is 220. The summed E-state index contributed by atoms with van der Waals surface area (Å²) in [4.78, 5) is 0. The van der Waals surface area contributed by atoms with Crippen molar-refractivity contribution in [3.63, 3.8) is 0 Å². The van der Waals surface area contributed by atoms with Gasteiger partial charge in [0.15, 0.2) is 6.29 Å². The molecule has 0 saturated heterocycles. The van der Waals surface area contributed by atoms with Gasteiger partial charge in [-0.15, -0.1) is 9.24 Å². The number of halogens is 2. The molecule has 5 atom stereocenters. The zero-order valence-electron chi connectivity index (χ0n) is 7.19. The van der Waals surface area contributed by atoms with Crippen LogP contribution in [0.25, 0.3) is 0 Å². The van der Waals surface area contributed by atoms with E-state index in [1.165, 1.54) is 6.92 Å². The van der Waals surface area contributed by atoms with Crippen molar-refractivity contribution in [1.29, 1.82) is 0 Å². The molecular formula is C8H13F2O2P. The first-order valence-corrected chi connectivity index (χ1v) is 4.74. The fraction of sp³-hybridized carbons (Fsp3) is 0.750. The Morgan fingerprint density at radius 3 is 2.54 bits per heavy atom. The Kier molecular flexibility index (Phi) is 3.38. The van der Waals surface area contributed by atoms with Crippen LogP contribution in [0, 0.1) is 11.8 Å². The highest BCUT2D eigenvalue weighted by molar-refractivity contribution is 7.17. The first-order chi connectivity index (χ1) is 5.95. The Morgan fingerprint density at radius 1 is 1.54 bits per heavy atom. The molecule has 13 heavy (non-hydrogen) atoms. The minimum Gasteiger partial charge on any atom is -0.368 e. The van der Waals surface area contributed by atoms with Crippen molar-refractivity contribution in [2.75, 3.05) is 0 Å². The molecule has 1 aliphatic rings. The molecule has 2 N–H and O–H groups in total. The summed E-state index contributed by atoms with van der Waals surface area (Å²) in [5, 5.41) is 17.7. The number of aliphatic hydroxyl groups excluding tert-OH is 1. The summed E-state index contributed by atoms with van der Waals surface area (Å²) in [6.45, 7) is 1.44. The number of rotatable bonds is 1. The number of alkyl halides is 1. The van der Waals surface area contributed by atoms with Crippen molar-refractivity contribution in [2.24, 2.45) is 11.8 Å². The minimum absolute atomic E-state index is 0.607. The SMILES string of the molecule is C[C@H]1C(F)=C[C@@H](C(O)O)C(P)C1F. The third-order valence-electron chi connectivity index (χ3n) is 2.42. The summed E-state index contributed by atoms with van der Waals surface area (Å²) in [5.74, 6) is -2.28. The van der Waals surface area contributed by atoms with E-state index in [1.807, 2.05) is 0 Å². The van der Waals surface area contributed by atoms with Crippen molar-refractivity contribution in [3.05, 3.63) is 11.9 Å². The van der Waals surface area contributed by atoms with Gasteiger partial charge in [0.25, 0.3) is 0 Å². The number of allylic oxidation sites excluding steroid dienone is 1. The van der Waals surface area contributed by atoms with Crippen LogP contribution in [-0.2, 0) is 0 Å². The fourth-order valence-electron chi connectivity index (χ4n) is 1.43. The Morgan fingerprint density at radius 2 is 2.08 bits per heavy atom. The van der Waals surface area contributed by atoms with Crippen LogP contribution < -0.4 is 0 Å². The lowest BCUT2D eigenvalue weighted by atomic mass is 9.86. The van der Waals surface area contributed by atoms with E-state index in [2.05, 4.69) is 9.24 Å². The van der Waals surface area contributed by atoms with Crippen LogP contribution in [-0.4, -0.2) is 28.3 Å². The highest BCUT2D eigenvalue weighted by atomic mass is 31.0.